The van der Waals surface area contributed by atoms with Gasteiger partial charge in [0, 0.05) is 11.6 Å². The van der Waals surface area contributed by atoms with Crippen molar-refractivity contribution >= 4 is 0 Å². The van der Waals surface area contributed by atoms with Gasteiger partial charge in [-0.3, -0.25) is 0 Å². The first-order valence-corrected chi connectivity index (χ1v) is 7.14. The Bertz CT molecular complexity index is 407. The molecule has 0 aliphatic carbocycles. The summed E-state index contributed by atoms with van der Waals surface area (Å²) in [4.78, 5) is 0. The topological polar surface area (TPSA) is 50.7 Å². The lowest BCUT2D eigenvalue weighted by Gasteiger charge is -2.19. The maximum atomic E-state index is 9.84. The third-order valence-corrected chi connectivity index (χ3v) is 3.12. The van der Waals surface area contributed by atoms with Crippen molar-refractivity contribution in [1.29, 1.82) is 0 Å². The molecule has 0 aliphatic heterocycles. The molecule has 4 nitrogen and oxygen atoms in total. The van der Waals surface area contributed by atoms with Gasteiger partial charge < -0.3 is 19.9 Å². The summed E-state index contributed by atoms with van der Waals surface area (Å²) in [5.74, 6) is 0.807. The minimum Gasteiger partial charge on any atom is -0.490 e. The van der Waals surface area contributed by atoms with E-state index in [4.69, 9.17) is 9.47 Å². The third-order valence-electron chi connectivity index (χ3n) is 3.12. The van der Waals surface area contributed by atoms with E-state index in [0.29, 0.717) is 6.61 Å². The van der Waals surface area contributed by atoms with Gasteiger partial charge in [0.1, 0.15) is 18.5 Å². The van der Waals surface area contributed by atoms with Crippen molar-refractivity contribution in [3.8, 4) is 5.75 Å². The Kier molecular flexibility index (Phi) is 6.99. The Morgan fingerprint density at radius 3 is 2.50 bits per heavy atom. The van der Waals surface area contributed by atoms with Crippen LogP contribution in [0.4, 0.5) is 0 Å². The molecular formula is C16H27NO3. The zero-order chi connectivity index (χ0) is 15.1. The van der Waals surface area contributed by atoms with E-state index in [9.17, 15) is 5.11 Å². The largest absolute Gasteiger partial charge is 0.490 e. The molecule has 20 heavy (non-hydrogen) atoms. The van der Waals surface area contributed by atoms with Gasteiger partial charge in [0.05, 0.1) is 12.7 Å². The molecule has 0 bridgehead atoms. The van der Waals surface area contributed by atoms with Crippen LogP contribution >= 0.6 is 0 Å². The number of rotatable bonds is 8. The van der Waals surface area contributed by atoms with Gasteiger partial charge >= 0.3 is 0 Å². The molecule has 0 saturated carbocycles. The molecule has 0 fully saturated rings. The second-order valence-corrected chi connectivity index (χ2v) is 5.40. The third kappa shape index (κ3) is 5.49. The maximum Gasteiger partial charge on any atom is 0.124 e. The van der Waals surface area contributed by atoms with Crippen LogP contribution in [0.2, 0.25) is 0 Å². The summed E-state index contributed by atoms with van der Waals surface area (Å²) < 4.78 is 11.1. The first-order chi connectivity index (χ1) is 9.43. The number of ether oxygens (including phenoxy) is 2. The Morgan fingerprint density at radius 1 is 1.20 bits per heavy atom. The van der Waals surface area contributed by atoms with Crippen LogP contribution in [-0.2, 0) is 4.74 Å². The summed E-state index contributed by atoms with van der Waals surface area (Å²) in [6.07, 6.45) is -0.500. The first kappa shape index (κ1) is 17.0. The standard InChI is InChI=1S/C16H27NO3/c1-11(2)19-9-14(18)10-20-16-7-6-12(3)8-15(16)13(4)17-5/h6-8,11,13-14,17-18H,9-10H2,1-5H3. The average molecular weight is 281 g/mol. The molecule has 114 valence electrons. The molecule has 1 rings (SSSR count). The van der Waals surface area contributed by atoms with Gasteiger partial charge in [0.2, 0.25) is 0 Å². The molecule has 0 heterocycles. The van der Waals surface area contributed by atoms with Gasteiger partial charge in [-0.25, -0.2) is 0 Å². The van der Waals surface area contributed by atoms with Crippen molar-refractivity contribution in [3.63, 3.8) is 0 Å². The van der Waals surface area contributed by atoms with Crippen LogP contribution in [0, 0.1) is 6.92 Å². The molecule has 1 aromatic carbocycles. The summed E-state index contributed by atoms with van der Waals surface area (Å²) in [5, 5.41) is 13.0. The quantitative estimate of drug-likeness (QED) is 0.768. The van der Waals surface area contributed by atoms with Crippen molar-refractivity contribution in [1.82, 2.24) is 5.32 Å². The highest BCUT2D eigenvalue weighted by Gasteiger charge is 2.13. The molecule has 0 amide bonds. The highest BCUT2D eigenvalue weighted by molar-refractivity contribution is 5.38. The van der Waals surface area contributed by atoms with Crippen LogP contribution in [0.25, 0.3) is 0 Å². The smallest absolute Gasteiger partial charge is 0.124 e. The second-order valence-electron chi connectivity index (χ2n) is 5.40. The highest BCUT2D eigenvalue weighted by atomic mass is 16.5. The molecule has 2 unspecified atom stereocenters. The fourth-order valence-electron chi connectivity index (χ4n) is 1.83. The number of benzene rings is 1. The number of hydrogen-bond donors (Lipinski definition) is 2. The van der Waals surface area contributed by atoms with E-state index in [1.54, 1.807) is 0 Å². The number of hydrogen-bond acceptors (Lipinski definition) is 4. The van der Waals surface area contributed by atoms with Gasteiger partial charge in [-0.05, 0) is 40.8 Å². The van der Waals surface area contributed by atoms with Crippen molar-refractivity contribution in [3.05, 3.63) is 29.3 Å². The minimum atomic E-state index is -0.614. The van der Waals surface area contributed by atoms with Crippen LogP contribution in [0.5, 0.6) is 5.75 Å². The predicted molar refractivity (Wildman–Crippen MR) is 81.2 cm³/mol. The van der Waals surface area contributed by atoms with Crippen LogP contribution in [-0.4, -0.2) is 37.6 Å². The molecule has 1 aromatic rings. The number of aliphatic hydroxyl groups is 1. The lowest BCUT2D eigenvalue weighted by atomic mass is 10.0. The first-order valence-electron chi connectivity index (χ1n) is 7.14. The predicted octanol–water partition coefficient (Wildman–Crippen LogP) is 2.44. The van der Waals surface area contributed by atoms with E-state index >= 15 is 0 Å². The molecular weight excluding hydrogens is 254 g/mol. The second kappa shape index (κ2) is 8.25. The number of aryl methyl sites for hydroxylation is 1. The molecule has 4 heteroatoms. The molecule has 2 atom stereocenters. The summed E-state index contributed by atoms with van der Waals surface area (Å²) in [7, 11) is 1.92. The van der Waals surface area contributed by atoms with Crippen LogP contribution in [0.15, 0.2) is 18.2 Å². The Morgan fingerprint density at radius 2 is 1.90 bits per heavy atom. The molecule has 2 N–H and O–H groups in total. The van der Waals surface area contributed by atoms with Crippen molar-refractivity contribution < 1.29 is 14.6 Å². The van der Waals surface area contributed by atoms with Gasteiger partial charge in [-0.1, -0.05) is 17.7 Å². The molecule has 0 spiro atoms. The fourth-order valence-corrected chi connectivity index (χ4v) is 1.83. The molecule has 0 radical (unpaired) electrons. The van der Waals surface area contributed by atoms with Crippen LogP contribution < -0.4 is 10.1 Å². The van der Waals surface area contributed by atoms with E-state index in [1.165, 1.54) is 5.56 Å². The van der Waals surface area contributed by atoms with Crippen molar-refractivity contribution in [2.24, 2.45) is 0 Å². The van der Waals surface area contributed by atoms with Crippen molar-refractivity contribution in [2.75, 3.05) is 20.3 Å². The molecule has 0 saturated heterocycles. The van der Waals surface area contributed by atoms with E-state index in [2.05, 4.69) is 25.2 Å². The van der Waals surface area contributed by atoms with Crippen LogP contribution in [0.3, 0.4) is 0 Å². The average Bonchev–Trinajstić information content (AvgIpc) is 2.42. The Labute approximate surface area is 122 Å². The summed E-state index contributed by atoms with van der Waals surface area (Å²) in [5.41, 5.74) is 2.29. The molecule has 0 aliphatic rings. The summed E-state index contributed by atoms with van der Waals surface area (Å²) in [6, 6.07) is 6.27. The van der Waals surface area contributed by atoms with Gasteiger partial charge in [-0.2, -0.15) is 0 Å². The van der Waals surface area contributed by atoms with Crippen molar-refractivity contribution in [2.45, 2.75) is 45.9 Å². The Balaban J connectivity index is 2.63. The lowest BCUT2D eigenvalue weighted by Crippen LogP contribution is -2.25. The Hall–Kier alpha value is -1.10. The summed E-state index contributed by atoms with van der Waals surface area (Å²) in [6.45, 7) is 8.56. The SMILES string of the molecule is CNC(C)c1cc(C)ccc1OCC(O)COC(C)C. The zero-order valence-electron chi connectivity index (χ0n) is 13.1. The summed E-state index contributed by atoms with van der Waals surface area (Å²) >= 11 is 0. The van der Waals surface area contributed by atoms with Gasteiger partial charge in [0.25, 0.3) is 0 Å². The van der Waals surface area contributed by atoms with Crippen LogP contribution in [0.1, 0.15) is 37.9 Å². The highest BCUT2D eigenvalue weighted by Crippen LogP contribution is 2.26. The molecule has 0 aromatic heterocycles. The number of nitrogens with one attached hydrogen (secondary N) is 1. The normalized spacial score (nSPS) is 14.3. The number of aliphatic hydroxyl groups excluding tert-OH is 1. The van der Waals surface area contributed by atoms with E-state index < -0.39 is 6.10 Å². The monoisotopic (exact) mass is 281 g/mol. The zero-order valence-corrected chi connectivity index (χ0v) is 13.1. The minimum absolute atomic E-state index is 0.115. The lowest BCUT2D eigenvalue weighted by molar-refractivity contribution is -0.0124. The van der Waals surface area contributed by atoms with E-state index in [-0.39, 0.29) is 18.8 Å². The van der Waals surface area contributed by atoms with Gasteiger partial charge in [0.15, 0.2) is 0 Å². The fraction of sp³-hybridized carbons (Fsp3) is 0.625. The van der Waals surface area contributed by atoms with E-state index in [1.807, 2.05) is 33.0 Å². The van der Waals surface area contributed by atoms with Gasteiger partial charge in [-0.15, -0.1) is 0 Å². The van der Waals surface area contributed by atoms with E-state index in [0.717, 1.165) is 11.3 Å². The maximum absolute atomic E-state index is 9.84.